The Bertz CT molecular complexity index is 546. The fraction of sp³-hybridized carbons (Fsp3) is 0.562. The van der Waals surface area contributed by atoms with Crippen LogP contribution in [0.25, 0.3) is 0 Å². The van der Waals surface area contributed by atoms with Gasteiger partial charge in [0.25, 0.3) is 0 Å². The lowest BCUT2D eigenvalue weighted by molar-refractivity contribution is 0.0607. The van der Waals surface area contributed by atoms with Crippen LogP contribution in [-0.4, -0.2) is 30.8 Å². The van der Waals surface area contributed by atoms with Gasteiger partial charge in [0.15, 0.2) is 0 Å². The largest absolute Gasteiger partial charge is 0.465 e. The van der Waals surface area contributed by atoms with Gasteiger partial charge in [0.1, 0.15) is 4.88 Å². The highest BCUT2D eigenvalue weighted by Crippen LogP contribution is 2.28. The van der Waals surface area contributed by atoms with Crippen LogP contribution in [0.4, 0.5) is 5.69 Å². The van der Waals surface area contributed by atoms with Crippen LogP contribution in [0.1, 0.15) is 48.7 Å². The van der Waals surface area contributed by atoms with Crippen LogP contribution in [0.2, 0.25) is 0 Å². The number of carbonyl (C=O) groups is 1. The lowest BCUT2D eigenvalue weighted by atomic mass is 9.98. The molecule has 5 heteroatoms. The fourth-order valence-corrected chi connectivity index (χ4v) is 2.48. The Hall–Kier alpha value is -1.51. The van der Waals surface area contributed by atoms with Crippen molar-refractivity contribution in [2.24, 2.45) is 5.41 Å². The number of thiophene rings is 1. The Morgan fingerprint density at radius 1 is 1.52 bits per heavy atom. The Labute approximate surface area is 130 Å². The van der Waals surface area contributed by atoms with Crippen LogP contribution in [0, 0.1) is 17.3 Å². The number of methoxy groups -OCH3 is 1. The fourth-order valence-electron chi connectivity index (χ4n) is 1.58. The predicted octanol–water partition coefficient (Wildman–Crippen LogP) is 3.12. The molecule has 0 amide bonds. The van der Waals surface area contributed by atoms with Gasteiger partial charge in [-0.3, -0.25) is 0 Å². The molecule has 0 radical (unpaired) electrons. The summed E-state index contributed by atoms with van der Waals surface area (Å²) in [4.78, 5) is 13.2. The maximum Gasteiger partial charge on any atom is 0.350 e. The van der Waals surface area contributed by atoms with E-state index in [0.29, 0.717) is 17.0 Å². The molecule has 0 aliphatic rings. The first-order valence-electron chi connectivity index (χ1n) is 6.89. The first-order valence-corrected chi connectivity index (χ1v) is 7.71. The van der Waals surface area contributed by atoms with Crippen molar-refractivity contribution in [3.8, 4) is 11.8 Å². The normalized spacial score (nSPS) is 12.3. The molecule has 0 bridgehead atoms. The monoisotopic (exact) mass is 309 g/mol. The number of anilines is 1. The minimum absolute atomic E-state index is 0.0661. The number of esters is 1. The average Bonchev–Trinajstić information content (AvgIpc) is 2.78. The van der Waals surface area contributed by atoms with Gasteiger partial charge >= 0.3 is 5.97 Å². The minimum Gasteiger partial charge on any atom is -0.465 e. The summed E-state index contributed by atoms with van der Waals surface area (Å²) in [6.45, 7) is 8.17. The molecule has 1 rings (SSSR count). The minimum atomic E-state index is -0.373. The van der Waals surface area contributed by atoms with Crippen LogP contribution in [0.15, 0.2) is 6.07 Å². The number of carbonyl (C=O) groups excluding carboxylic acids is 1. The van der Waals surface area contributed by atoms with E-state index in [9.17, 15) is 4.79 Å². The maximum absolute atomic E-state index is 11.8. The number of aliphatic hydroxyl groups excluding tert-OH is 1. The summed E-state index contributed by atoms with van der Waals surface area (Å²) in [7, 11) is 1.36. The molecule has 0 aromatic carbocycles. The zero-order chi connectivity index (χ0) is 16.0. The van der Waals surface area contributed by atoms with Gasteiger partial charge in [-0.25, -0.2) is 4.79 Å². The molecule has 116 valence electrons. The topological polar surface area (TPSA) is 58.6 Å². The number of aliphatic hydroxyl groups is 1. The molecule has 1 unspecified atom stereocenters. The van der Waals surface area contributed by atoms with Crippen molar-refractivity contribution in [2.45, 2.75) is 40.2 Å². The average molecular weight is 309 g/mol. The molecule has 0 aliphatic carbocycles. The molecule has 21 heavy (non-hydrogen) atoms. The Morgan fingerprint density at radius 2 is 2.19 bits per heavy atom. The molecule has 0 saturated heterocycles. The van der Waals surface area contributed by atoms with E-state index >= 15 is 0 Å². The van der Waals surface area contributed by atoms with E-state index in [0.717, 1.165) is 4.88 Å². The third-order valence-corrected chi connectivity index (χ3v) is 3.66. The Kier molecular flexibility index (Phi) is 6.25. The van der Waals surface area contributed by atoms with Crippen LogP contribution >= 0.6 is 11.3 Å². The molecule has 0 spiro atoms. The lowest BCUT2D eigenvalue weighted by Crippen LogP contribution is -2.17. The molecule has 0 fully saturated rings. The quantitative estimate of drug-likeness (QED) is 0.648. The standard InChI is InChI=1S/C16H23NO3S/c1-11(7-9-18)17-13-10-12(6-8-16(2,3)4)21-14(13)15(19)20-5/h10-11,17-18H,7,9H2,1-5H3. The highest BCUT2D eigenvalue weighted by Gasteiger charge is 2.18. The van der Waals surface area contributed by atoms with Gasteiger partial charge in [-0.2, -0.15) is 0 Å². The zero-order valence-corrected chi connectivity index (χ0v) is 14.1. The molecule has 0 aliphatic heterocycles. The van der Waals surface area contributed by atoms with E-state index in [2.05, 4.69) is 17.2 Å². The van der Waals surface area contributed by atoms with Crippen molar-refractivity contribution >= 4 is 23.0 Å². The van der Waals surface area contributed by atoms with Crippen molar-refractivity contribution in [3.63, 3.8) is 0 Å². The smallest absolute Gasteiger partial charge is 0.350 e. The Morgan fingerprint density at radius 3 is 2.71 bits per heavy atom. The zero-order valence-electron chi connectivity index (χ0n) is 13.2. The summed E-state index contributed by atoms with van der Waals surface area (Å²) in [5, 5.41) is 12.2. The lowest BCUT2D eigenvalue weighted by Gasteiger charge is -2.13. The molecular weight excluding hydrogens is 286 g/mol. The molecular formula is C16H23NO3S. The molecule has 1 heterocycles. The maximum atomic E-state index is 11.8. The Balaban J connectivity index is 3.06. The number of hydrogen-bond donors (Lipinski definition) is 2. The highest BCUT2D eigenvalue weighted by molar-refractivity contribution is 7.15. The van der Waals surface area contributed by atoms with E-state index in [1.54, 1.807) is 0 Å². The number of ether oxygens (including phenoxy) is 1. The van der Waals surface area contributed by atoms with Gasteiger partial charge in [-0.15, -0.1) is 11.3 Å². The van der Waals surface area contributed by atoms with Gasteiger partial charge < -0.3 is 15.2 Å². The van der Waals surface area contributed by atoms with Crippen molar-refractivity contribution < 1.29 is 14.6 Å². The van der Waals surface area contributed by atoms with Crippen LogP contribution in [0.5, 0.6) is 0 Å². The summed E-state index contributed by atoms with van der Waals surface area (Å²) < 4.78 is 4.81. The van der Waals surface area contributed by atoms with Crippen LogP contribution < -0.4 is 5.32 Å². The van der Waals surface area contributed by atoms with Gasteiger partial charge in [0, 0.05) is 18.1 Å². The van der Waals surface area contributed by atoms with Crippen LogP contribution in [0.3, 0.4) is 0 Å². The number of rotatable bonds is 5. The number of hydrogen-bond acceptors (Lipinski definition) is 5. The second-order valence-electron chi connectivity index (χ2n) is 5.90. The first kappa shape index (κ1) is 17.5. The third kappa shape index (κ3) is 5.78. The number of nitrogens with one attached hydrogen (secondary N) is 1. The van der Waals surface area contributed by atoms with Gasteiger partial charge in [0.2, 0.25) is 0 Å². The van der Waals surface area contributed by atoms with Crippen molar-refractivity contribution in [3.05, 3.63) is 15.8 Å². The summed E-state index contributed by atoms with van der Waals surface area (Å²) in [6, 6.07) is 1.93. The van der Waals surface area contributed by atoms with Gasteiger partial charge in [-0.1, -0.05) is 11.8 Å². The van der Waals surface area contributed by atoms with Crippen molar-refractivity contribution in [1.82, 2.24) is 0 Å². The van der Waals surface area contributed by atoms with E-state index in [1.165, 1.54) is 18.4 Å². The van der Waals surface area contributed by atoms with E-state index in [1.807, 2.05) is 33.8 Å². The molecule has 1 aromatic heterocycles. The van der Waals surface area contributed by atoms with Gasteiger partial charge in [0.05, 0.1) is 17.7 Å². The van der Waals surface area contributed by atoms with E-state index in [4.69, 9.17) is 9.84 Å². The summed E-state index contributed by atoms with van der Waals surface area (Å²) in [6.07, 6.45) is 0.611. The SMILES string of the molecule is COC(=O)c1sc(C#CC(C)(C)C)cc1NC(C)CCO. The molecule has 1 atom stereocenters. The summed E-state index contributed by atoms with van der Waals surface area (Å²) >= 11 is 1.32. The van der Waals surface area contributed by atoms with E-state index < -0.39 is 0 Å². The molecule has 1 aromatic rings. The molecule has 4 nitrogen and oxygen atoms in total. The van der Waals surface area contributed by atoms with Gasteiger partial charge in [-0.05, 0) is 40.2 Å². The first-order chi connectivity index (χ1) is 9.76. The summed E-state index contributed by atoms with van der Waals surface area (Å²) in [5.41, 5.74) is 0.624. The second-order valence-corrected chi connectivity index (χ2v) is 6.95. The highest BCUT2D eigenvalue weighted by atomic mass is 32.1. The molecule has 0 saturated carbocycles. The second kappa shape index (κ2) is 7.48. The predicted molar refractivity (Wildman–Crippen MR) is 86.8 cm³/mol. The van der Waals surface area contributed by atoms with Crippen molar-refractivity contribution in [2.75, 3.05) is 19.0 Å². The van der Waals surface area contributed by atoms with E-state index in [-0.39, 0.29) is 24.0 Å². The summed E-state index contributed by atoms with van der Waals surface area (Å²) in [5.74, 6) is 5.88. The van der Waals surface area contributed by atoms with Crippen molar-refractivity contribution in [1.29, 1.82) is 0 Å². The van der Waals surface area contributed by atoms with Crippen LogP contribution in [-0.2, 0) is 4.74 Å². The third-order valence-electron chi connectivity index (χ3n) is 2.63. The molecule has 2 N–H and O–H groups in total.